The third kappa shape index (κ3) is 7.75. The molecule has 11 aromatic carbocycles. The molecule has 346 valence electrons. The van der Waals surface area contributed by atoms with Crippen LogP contribution in [0.15, 0.2) is 267 Å². The van der Waals surface area contributed by atoms with Gasteiger partial charge in [0.15, 0.2) is 17.5 Å². The number of hydrogen-bond acceptors (Lipinski definition) is 4. The van der Waals surface area contributed by atoms with Gasteiger partial charge in [0.1, 0.15) is 0 Å². The van der Waals surface area contributed by atoms with Crippen LogP contribution in [-0.4, -0.2) is 19.5 Å². The Kier molecular flexibility index (Phi) is 10.7. The van der Waals surface area contributed by atoms with Gasteiger partial charge in [0.25, 0.3) is 0 Å². The Morgan fingerprint density at radius 2 is 0.622 bits per heavy atom. The minimum Gasteiger partial charge on any atom is -0.309 e. The molecular weight excluding hydrogens is 917 g/mol. The molecule has 0 unspecified atom stereocenters. The van der Waals surface area contributed by atoms with Crippen molar-refractivity contribution in [3.8, 4) is 95.5 Å². The Balaban J connectivity index is 0.833. The molecule has 4 nitrogen and oxygen atoms in total. The molecule has 0 fully saturated rings. The van der Waals surface area contributed by atoms with Crippen LogP contribution in [0.2, 0.25) is 0 Å². The Morgan fingerprint density at radius 3 is 1.19 bits per heavy atom. The monoisotopic (exact) mass is 960 g/mol. The van der Waals surface area contributed by atoms with E-state index in [0.29, 0.717) is 17.5 Å². The molecule has 0 atom stereocenters. The first kappa shape index (κ1) is 43.3. The van der Waals surface area contributed by atoms with Crippen LogP contribution in [0.5, 0.6) is 0 Å². The van der Waals surface area contributed by atoms with Crippen LogP contribution < -0.4 is 0 Å². The van der Waals surface area contributed by atoms with E-state index in [9.17, 15) is 0 Å². The summed E-state index contributed by atoms with van der Waals surface area (Å²) in [5.74, 6) is 1.86. The topological polar surface area (TPSA) is 43.6 Å². The van der Waals surface area contributed by atoms with Gasteiger partial charge in [-0.1, -0.05) is 206 Å². The zero-order valence-corrected chi connectivity index (χ0v) is 40.9. The molecule has 0 amide bonds. The second-order valence-electron chi connectivity index (χ2n) is 18.7. The molecule has 0 bridgehead atoms. The second kappa shape index (κ2) is 18.2. The van der Waals surface area contributed by atoms with Gasteiger partial charge in [-0.25, -0.2) is 15.0 Å². The Labute approximate surface area is 432 Å². The first-order chi connectivity index (χ1) is 36.7. The number of aromatic nitrogens is 4. The van der Waals surface area contributed by atoms with E-state index in [0.717, 1.165) is 44.5 Å². The van der Waals surface area contributed by atoms with E-state index in [2.05, 4.69) is 259 Å². The van der Waals surface area contributed by atoms with Crippen molar-refractivity contribution >= 4 is 53.3 Å². The summed E-state index contributed by atoms with van der Waals surface area (Å²) < 4.78 is 5.00. The predicted octanol–water partition coefficient (Wildman–Crippen LogP) is 18.7. The fourth-order valence-electron chi connectivity index (χ4n) is 10.7. The smallest absolute Gasteiger partial charge is 0.164 e. The van der Waals surface area contributed by atoms with Gasteiger partial charge in [-0.15, -0.1) is 11.3 Å². The van der Waals surface area contributed by atoms with Crippen molar-refractivity contribution in [3.63, 3.8) is 0 Å². The molecule has 0 radical (unpaired) electrons. The molecule has 0 saturated carbocycles. The lowest BCUT2D eigenvalue weighted by molar-refractivity contribution is 1.07. The minimum absolute atomic E-state index is 0.614. The first-order valence-electron chi connectivity index (χ1n) is 25.0. The SMILES string of the molecule is c1ccc(-c2ccc(-c3nc(-c4ccc(-c5ccccc5)cc4)nc(-c4ccc(-n5c6ccccc6c6cc(-c7ccccc7-c7ccccc7-c7ccc8sc9ccccc9c8c7)ccc65)cc4)n3)cc2)cc1. The molecule has 3 heterocycles. The van der Waals surface area contributed by atoms with Gasteiger partial charge in [-0.05, 0) is 116 Å². The number of rotatable bonds is 9. The summed E-state index contributed by atoms with van der Waals surface area (Å²) in [6.45, 7) is 0. The minimum atomic E-state index is 0.614. The normalized spacial score (nSPS) is 11.5. The van der Waals surface area contributed by atoms with E-state index in [1.807, 2.05) is 23.5 Å². The van der Waals surface area contributed by atoms with E-state index < -0.39 is 0 Å². The van der Waals surface area contributed by atoms with Crippen molar-refractivity contribution in [1.82, 2.24) is 19.5 Å². The molecule has 14 aromatic rings. The summed E-state index contributed by atoms with van der Waals surface area (Å²) in [7, 11) is 0. The molecule has 0 aliphatic carbocycles. The van der Waals surface area contributed by atoms with Crippen LogP contribution in [0.1, 0.15) is 0 Å². The lowest BCUT2D eigenvalue weighted by Gasteiger charge is -2.15. The average molecular weight is 961 g/mol. The summed E-state index contributed by atoms with van der Waals surface area (Å²) in [5, 5.41) is 5.01. The quantitative estimate of drug-likeness (QED) is 0.145. The number of fused-ring (bicyclic) bond motifs is 6. The van der Waals surface area contributed by atoms with Crippen LogP contribution in [0.4, 0.5) is 0 Å². The summed E-state index contributed by atoms with van der Waals surface area (Å²) in [4.78, 5) is 15.4. The molecule has 0 spiro atoms. The number of para-hydroxylation sites is 1. The Bertz CT molecular complexity index is 4280. The highest BCUT2D eigenvalue weighted by atomic mass is 32.1. The maximum Gasteiger partial charge on any atom is 0.164 e. The molecule has 0 aliphatic heterocycles. The van der Waals surface area contributed by atoms with Gasteiger partial charge in [0.05, 0.1) is 11.0 Å². The molecule has 74 heavy (non-hydrogen) atoms. The Hall–Kier alpha value is -9.55. The Morgan fingerprint density at radius 1 is 0.243 bits per heavy atom. The zero-order chi connectivity index (χ0) is 49.0. The lowest BCUT2D eigenvalue weighted by atomic mass is 9.89. The van der Waals surface area contributed by atoms with Gasteiger partial charge in [0.2, 0.25) is 0 Å². The van der Waals surface area contributed by atoms with Gasteiger partial charge in [0, 0.05) is 53.3 Å². The maximum atomic E-state index is 5.14. The van der Waals surface area contributed by atoms with Crippen molar-refractivity contribution in [2.75, 3.05) is 0 Å². The largest absolute Gasteiger partial charge is 0.309 e. The van der Waals surface area contributed by atoms with Gasteiger partial charge < -0.3 is 4.57 Å². The highest BCUT2D eigenvalue weighted by Crippen LogP contribution is 2.43. The van der Waals surface area contributed by atoms with Crippen LogP contribution >= 0.6 is 11.3 Å². The van der Waals surface area contributed by atoms with E-state index in [1.54, 1.807) is 0 Å². The summed E-state index contributed by atoms with van der Waals surface area (Å²) in [5.41, 5.74) is 17.9. The summed E-state index contributed by atoms with van der Waals surface area (Å²) in [6, 6.07) is 95.5. The number of hydrogen-bond donors (Lipinski definition) is 0. The van der Waals surface area contributed by atoms with Crippen LogP contribution in [0.25, 0.3) is 137 Å². The van der Waals surface area contributed by atoms with Crippen molar-refractivity contribution in [2.24, 2.45) is 0 Å². The first-order valence-corrected chi connectivity index (χ1v) is 25.8. The van der Waals surface area contributed by atoms with Crippen LogP contribution in [0, 0.1) is 0 Å². The molecule has 0 aliphatic rings. The third-order valence-electron chi connectivity index (χ3n) is 14.3. The average Bonchev–Trinajstić information content (AvgIpc) is 4.03. The molecule has 0 N–H and O–H groups in total. The summed E-state index contributed by atoms with van der Waals surface area (Å²) >= 11 is 1.86. The van der Waals surface area contributed by atoms with Crippen molar-refractivity contribution in [3.05, 3.63) is 267 Å². The van der Waals surface area contributed by atoms with Crippen molar-refractivity contribution in [1.29, 1.82) is 0 Å². The van der Waals surface area contributed by atoms with E-state index >= 15 is 0 Å². The molecule has 3 aromatic heterocycles. The van der Waals surface area contributed by atoms with Gasteiger partial charge >= 0.3 is 0 Å². The van der Waals surface area contributed by atoms with E-state index in [1.165, 1.54) is 75.5 Å². The summed E-state index contributed by atoms with van der Waals surface area (Å²) in [6.07, 6.45) is 0. The van der Waals surface area contributed by atoms with Gasteiger partial charge in [-0.3, -0.25) is 0 Å². The maximum absolute atomic E-state index is 5.14. The van der Waals surface area contributed by atoms with Crippen molar-refractivity contribution in [2.45, 2.75) is 0 Å². The fraction of sp³-hybridized carbons (Fsp3) is 0. The highest BCUT2D eigenvalue weighted by Gasteiger charge is 2.19. The van der Waals surface area contributed by atoms with Crippen LogP contribution in [0.3, 0.4) is 0 Å². The fourth-order valence-corrected chi connectivity index (χ4v) is 11.7. The highest BCUT2D eigenvalue weighted by molar-refractivity contribution is 7.25. The molecule has 14 rings (SSSR count). The lowest BCUT2D eigenvalue weighted by Crippen LogP contribution is -2.00. The molecule has 0 saturated heterocycles. The molecular formula is C69H44N4S. The van der Waals surface area contributed by atoms with Gasteiger partial charge in [-0.2, -0.15) is 0 Å². The predicted molar refractivity (Wildman–Crippen MR) is 311 cm³/mol. The number of thiophene rings is 1. The zero-order valence-electron chi connectivity index (χ0n) is 40.1. The standard InChI is InChI=1S/C69H44N4S/c1-3-15-45(16-4-1)47-27-31-49(32-28-47)67-70-68(50-33-29-48(30-34-50)46-17-5-2-6-18-46)72-69(71-67)51-35-39-54(40-36-51)73-63-25-13-11-23-59(63)61-43-52(37-41-64(61)73)55-19-7-9-21-57(55)58-22-10-8-20-56(58)53-38-42-66-62(44-53)60-24-12-14-26-65(60)74-66/h1-44H. The second-order valence-corrected chi connectivity index (χ2v) is 19.8. The number of nitrogens with zero attached hydrogens (tertiary/aromatic N) is 4. The third-order valence-corrected chi connectivity index (χ3v) is 15.5. The van der Waals surface area contributed by atoms with Crippen molar-refractivity contribution < 1.29 is 0 Å². The van der Waals surface area contributed by atoms with E-state index in [4.69, 9.17) is 15.0 Å². The van der Waals surface area contributed by atoms with E-state index in [-0.39, 0.29) is 0 Å². The van der Waals surface area contributed by atoms with Crippen LogP contribution in [-0.2, 0) is 0 Å². The molecule has 5 heteroatoms. The number of benzene rings is 11.